The van der Waals surface area contributed by atoms with Crippen LogP contribution in [0.25, 0.3) is 10.9 Å². The molecule has 1 aliphatic heterocycles. The Kier molecular flexibility index (Phi) is 4.00. The predicted octanol–water partition coefficient (Wildman–Crippen LogP) is 2.64. The molecule has 7 nitrogen and oxygen atoms in total. The summed E-state index contributed by atoms with van der Waals surface area (Å²) >= 11 is 0. The summed E-state index contributed by atoms with van der Waals surface area (Å²) in [6.07, 6.45) is 4.29. The molecule has 1 atom stereocenters. The highest BCUT2D eigenvalue weighted by Gasteiger charge is 2.21. The summed E-state index contributed by atoms with van der Waals surface area (Å²) < 4.78 is 7.62. The molecule has 0 spiro atoms. The number of nitrogens with one attached hydrogen (secondary N) is 2. The lowest BCUT2D eigenvalue weighted by Crippen LogP contribution is -2.15. The third-order valence-electron chi connectivity index (χ3n) is 4.25. The van der Waals surface area contributed by atoms with Crippen molar-refractivity contribution in [3.63, 3.8) is 0 Å². The second-order valence-electron chi connectivity index (χ2n) is 5.91. The van der Waals surface area contributed by atoms with Gasteiger partial charge in [0.1, 0.15) is 6.10 Å². The van der Waals surface area contributed by atoms with Crippen LogP contribution in [0.15, 0.2) is 36.5 Å². The van der Waals surface area contributed by atoms with E-state index in [9.17, 15) is 4.79 Å². The molecule has 1 aromatic carbocycles. The summed E-state index contributed by atoms with van der Waals surface area (Å²) in [5.41, 5.74) is 1.13. The number of aromatic amines is 1. The van der Waals surface area contributed by atoms with Crippen LogP contribution in [-0.4, -0.2) is 32.3 Å². The van der Waals surface area contributed by atoms with Crippen LogP contribution in [0, 0.1) is 0 Å². The normalized spacial score (nSPS) is 17.4. The van der Waals surface area contributed by atoms with Crippen LogP contribution in [0.1, 0.15) is 31.2 Å². The molecule has 2 aromatic heterocycles. The van der Waals surface area contributed by atoms with Crippen LogP contribution < -0.4 is 5.32 Å². The number of benzene rings is 1. The first-order chi connectivity index (χ1) is 11.8. The minimum Gasteiger partial charge on any atom is -0.370 e. The number of amides is 1. The number of hydrogen-bond donors (Lipinski definition) is 2. The van der Waals surface area contributed by atoms with Crippen molar-refractivity contribution in [2.24, 2.45) is 0 Å². The van der Waals surface area contributed by atoms with Gasteiger partial charge in [-0.25, -0.2) is 0 Å². The summed E-state index contributed by atoms with van der Waals surface area (Å²) in [7, 11) is 0. The first-order valence-electron chi connectivity index (χ1n) is 8.17. The van der Waals surface area contributed by atoms with Crippen molar-refractivity contribution in [2.45, 2.75) is 31.9 Å². The Hall–Kier alpha value is -2.67. The number of carbonyl (C=O) groups excluding carboxylic acids is 1. The number of rotatable bonds is 5. The predicted molar refractivity (Wildman–Crippen MR) is 89.5 cm³/mol. The minimum absolute atomic E-state index is 0.0330. The van der Waals surface area contributed by atoms with Crippen molar-refractivity contribution in [1.82, 2.24) is 19.7 Å². The van der Waals surface area contributed by atoms with Crippen LogP contribution in [0.2, 0.25) is 0 Å². The largest absolute Gasteiger partial charge is 0.370 e. The second-order valence-corrected chi connectivity index (χ2v) is 5.91. The van der Waals surface area contributed by atoms with E-state index in [0.717, 1.165) is 25.0 Å². The summed E-state index contributed by atoms with van der Waals surface area (Å²) in [4.78, 5) is 16.4. The molecular weight excluding hydrogens is 306 g/mol. The van der Waals surface area contributed by atoms with Gasteiger partial charge in [-0.1, -0.05) is 18.2 Å². The first-order valence-corrected chi connectivity index (χ1v) is 8.17. The zero-order chi connectivity index (χ0) is 16.4. The molecule has 0 saturated carbocycles. The van der Waals surface area contributed by atoms with Gasteiger partial charge < -0.3 is 9.30 Å². The molecule has 124 valence electrons. The maximum absolute atomic E-state index is 12.1. The molecule has 1 amide bonds. The van der Waals surface area contributed by atoms with E-state index < -0.39 is 0 Å². The number of anilines is 1. The van der Waals surface area contributed by atoms with Crippen molar-refractivity contribution < 1.29 is 9.53 Å². The summed E-state index contributed by atoms with van der Waals surface area (Å²) in [5, 5.41) is 10.8. The zero-order valence-electron chi connectivity index (χ0n) is 13.2. The fourth-order valence-electron chi connectivity index (χ4n) is 3.01. The van der Waals surface area contributed by atoms with E-state index in [2.05, 4.69) is 43.3 Å². The Bertz CT molecular complexity index is 847. The van der Waals surface area contributed by atoms with Gasteiger partial charge in [-0.15, -0.1) is 5.10 Å². The molecule has 4 rings (SSSR count). The van der Waals surface area contributed by atoms with Gasteiger partial charge in [0.2, 0.25) is 11.9 Å². The SMILES string of the molecule is O=C(CCn1ccc2ccccc21)Nc1n[nH]c(C2CCCO2)n1. The number of ether oxygens (including phenoxy) is 1. The van der Waals surface area contributed by atoms with Gasteiger partial charge in [0.25, 0.3) is 0 Å². The summed E-state index contributed by atoms with van der Waals surface area (Å²) in [5.74, 6) is 0.882. The van der Waals surface area contributed by atoms with E-state index in [1.807, 2.05) is 18.3 Å². The molecule has 1 saturated heterocycles. The molecule has 3 heterocycles. The van der Waals surface area contributed by atoms with Crippen molar-refractivity contribution in [2.75, 3.05) is 11.9 Å². The topological polar surface area (TPSA) is 84.8 Å². The lowest BCUT2D eigenvalue weighted by molar-refractivity contribution is -0.116. The van der Waals surface area contributed by atoms with E-state index in [4.69, 9.17) is 4.74 Å². The maximum atomic E-state index is 12.1. The smallest absolute Gasteiger partial charge is 0.248 e. The highest BCUT2D eigenvalue weighted by atomic mass is 16.5. The van der Waals surface area contributed by atoms with Crippen LogP contribution in [0.5, 0.6) is 0 Å². The monoisotopic (exact) mass is 325 g/mol. The number of hydrogen-bond acceptors (Lipinski definition) is 4. The van der Waals surface area contributed by atoms with E-state index in [0.29, 0.717) is 24.7 Å². The van der Waals surface area contributed by atoms with Crippen LogP contribution in [0.3, 0.4) is 0 Å². The lowest BCUT2D eigenvalue weighted by Gasteiger charge is -2.05. The Morgan fingerprint density at radius 3 is 3.17 bits per heavy atom. The molecule has 1 fully saturated rings. The lowest BCUT2D eigenvalue weighted by atomic mass is 10.2. The Morgan fingerprint density at radius 1 is 1.38 bits per heavy atom. The van der Waals surface area contributed by atoms with Gasteiger partial charge in [-0.05, 0) is 30.4 Å². The number of nitrogens with zero attached hydrogens (tertiary/aromatic N) is 3. The van der Waals surface area contributed by atoms with Gasteiger partial charge >= 0.3 is 0 Å². The fraction of sp³-hybridized carbons (Fsp3) is 0.353. The van der Waals surface area contributed by atoms with Crippen molar-refractivity contribution in [3.05, 3.63) is 42.4 Å². The van der Waals surface area contributed by atoms with Crippen LogP contribution in [-0.2, 0) is 16.1 Å². The zero-order valence-corrected chi connectivity index (χ0v) is 13.2. The third kappa shape index (κ3) is 3.03. The number of para-hydroxylation sites is 1. The van der Waals surface area contributed by atoms with Crippen molar-refractivity contribution in [1.29, 1.82) is 0 Å². The molecule has 2 N–H and O–H groups in total. The van der Waals surface area contributed by atoms with E-state index in [-0.39, 0.29) is 12.0 Å². The highest BCUT2D eigenvalue weighted by molar-refractivity contribution is 5.89. The quantitative estimate of drug-likeness (QED) is 0.755. The number of carbonyl (C=O) groups is 1. The van der Waals surface area contributed by atoms with Gasteiger partial charge in [-0.2, -0.15) is 4.98 Å². The molecule has 1 aliphatic rings. The maximum Gasteiger partial charge on any atom is 0.248 e. The summed E-state index contributed by atoms with van der Waals surface area (Å²) in [6.45, 7) is 1.36. The van der Waals surface area contributed by atoms with E-state index >= 15 is 0 Å². The molecule has 3 aromatic rings. The van der Waals surface area contributed by atoms with Gasteiger partial charge in [0.15, 0.2) is 5.82 Å². The molecule has 1 unspecified atom stereocenters. The Balaban J connectivity index is 1.35. The number of aromatic nitrogens is 4. The van der Waals surface area contributed by atoms with Gasteiger partial charge in [-0.3, -0.25) is 15.2 Å². The Labute approximate surface area is 139 Å². The second kappa shape index (κ2) is 6.45. The average Bonchev–Trinajstić information content (AvgIpc) is 3.33. The molecule has 0 radical (unpaired) electrons. The van der Waals surface area contributed by atoms with Gasteiger partial charge in [0.05, 0.1) is 0 Å². The van der Waals surface area contributed by atoms with Crippen LogP contribution in [0.4, 0.5) is 5.95 Å². The number of aryl methyl sites for hydroxylation is 1. The molecular formula is C17H19N5O2. The standard InChI is InChI=1S/C17H19N5O2/c23-15(8-10-22-9-7-12-4-1-2-5-13(12)22)18-17-19-16(20-21-17)14-6-3-11-24-14/h1-2,4-5,7,9,14H,3,6,8,10-11H2,(H2,18,19,20,21,23). The van der Waals surface area contributed by atoms with Gasteiger partial charge in [0, 0.05) is 31.3 Å². The van der Waals surface area contributed by atoms with E-state index in [1.54, 1.807) is 0 Å². The number of fused-ring (bicyclic) bond motifs is 1. The first kappa shape index (κ1) is 14.9. The average molecular weight is 325 g/mol. The highest BCUT2D eigenvalue weighted by Crippen LogP contribution is 2.26. The Morgan fingerprint density at radius 2 is 2.29 bits per heavy atom. The molecule has 7 heteroatoms. The minimum atomic E-state index is -0.106. The third-order valence-corrected chi connectivity index (χ3v) is 4.25. The fourth-order valence-corrected chi connectivity index (χ4v) is 3.01. The number of H-pyrrole nitrogens is 1. The van der Waals surface area contributed by atoms with Crippen molar-refractivity contribution >= 4 is 22.8 Å². The van der Waals surface area contributed by atoms with Crippen LogP contribution >= 0.6 is 0 Å². The molecule has 0 bridgehead atoms. The van der Waals surface area contributed by atoms with E-state index in [1.165, 1.54) is 5.39 Å². The molecule has 24 heavy (non-hydrogen) atoms. The molecule has 0 aliphatic carbocycles. The summed E-state index contributed by atoms with van der Waals surface area (Å²) in [6, 6.07) is 10.2. The van der Waals surface area contributed by atoms with Crippen molar-refractivity contribution in [3.8, 4) is 0 Å².